The lowest BCUT2D eigenvalue weighted by atomic mass is 9.91. The summed E-state index contributed by atoms with van der Waals surface area (Å²) in [7, 11) is 0. The molecule has 0 saturated carbocycles. The van der Waals surface area contributed by atoms with Crippen LogP contribution in [0.1, 0.15) is 72.6 Å². The van der Waals surface area contributed by atoms with E-state index in [0.29, 0.717) is 0 Å². The van der Waals surface area contributed by atoms with Gasteiger partial charge in [0, 0.05) is 0 Å². The van der Waals surface area contributed by atoms with Crippen molar-refractivity contribution >= 4 is 11.9 Å². The van der Waals surface area contributed by atoms with Gasteiger partial charge in [-0.2, -0.15) is 0 Å². The van der Waals surface area contributed by atoms with Crippen LogP contribution in [0.4, 0.5) is 0 Å². The van der Waals surface area contributed by atoms with E-state index in [1.165, 1.54) is 0 Å². The van der Waals surface area contributed by atoms with E-state index in [1.54, 1.807) is 0 Å². The molecule has 0 spiro atoms. The molecule has 0 aromatic rings. The number of carboxylic acid groups (broad SMARTS) is 2. The summed E-state index contributed by atoms with van der Waals surface area (Å²) in [4.78, 5) is 20.8. The van der Waals surface area contributed by atoms with Gasteiger partial charge in [0.15, 0.2) is 0 Å². The number of carboxylic acids is 2. The predicted molar refractivity (Wildman–Crippen MR) is 135 cm³/mol. The summed E-state index contributed by atoms with van der Waals surface area (Å²) in [6.07, 6.45) is 6.24. The first-order valence-electron chi connectivity index (χ1n) is 12.7. The van der Waals surface area contributed by atoms with Crippen molar-refractivity contribution in [3.05, 3.63) is 0 Å². The summed E-state index contributed by atoms with van der Waals surface area (Å²) >= 11 is 0. The first-order valence-corrected chi connectivity index (χ1v) is 12.7. The lowest BCUT2D eigenvalue weighted by molar-refractivity contribution is -0.143. The average molecular weight is 529 g/mol. The number of hydrogen-bond donors (Lipinski definition) is 8. The Morgan fingerprint density at radius 1 is 0.611 bits per heavy atom. The summed E-state index contributed by atoms with van der Waals surface area (Å²) < 4.78 is 5.15. The second kappa shape index (κ2) is 24.0. The van der Waals surface area contributed by atoms with E-state index in [4.69, 9.17) is 45.6 Å². The molecule has 218 valence electrons. The summed E-state index contributed by atoms with van der Waals surface area (Å²) in [5.41, 5.74) is -2.32. The van der Waals surface area contributed by atoms with Crippen LogP contribution >= 0.6 is 0 Å². The van der Waals surface area contributed by atoms with Crippen molar-refractivity contribution in [1.29, 1.82) is 0 Å². The van der Waals surface area contributed by atoms with Crippen molar-refractivity contribution in [3.63, 3.8) is 0 Å². The van der Waals surface area contributed by atoms with Crippen LogP contribution in [0.5, 0.6) is 0 Å². The highest BCUT2D eigenvalue weighted by Crippen LogP contribution is 2.19. The molecule has 0 aliphatic rings. The third kappa shape index (κ3) is 17.2. The van der Waals surface area contributed by atoms with Gasteiger partial charge in [0.05, 0.1) is 75.5 Å². The molecular formula is C25H52O11. The molecule has 0 fully saturated rings. The lowest BCUT2D eigenvalue weighted by Crippen LogP contribution is -2.43. The fraction of sp³-hybridized carbons (Fsp3) is 0.920. The average Bonchev–Trinajstić information content (AvgIpc) is 2.89. The number of unbranched alkanes of at least 4 members (excludes halogenated alkanes) is 1. The van der Waals surface area contributed by atoms with Crippen LogP contribution in [0.3, 0.4) is 0 Å². The molecule has 0 aliphatic heterocycles. The molecule has 0 aromatic heterocycles. The minimum Gasteiger partial charge on any atom is -0.481 e. The van der Waals surface area contributed by atoms with E-state index in [-0.39, 0.29) is 25.0 Å². The van der Waals surface area contributed by atoms with E-state index >= 15 is 0 Å². The Labute approximate surface area is 215 Å². The maximum absolute atomic E-state index is 10.4. The molecule has 0 saturated heterocycles. The van der Waals surface area contributed by atoms with Gasteiger partial charge in [-0.1, -0.05) is 47.0 Å². The highest BCUT2D eigenvalue weighted by Gasteiger charge is 2.32. The Kier molecular flexibility index (Phi) is 26.1. The van der Waals surface area contributed by atoms with E-state index in [1.807, 2.05) is 20.8 Å². The third-order valence-corrected chi connectivity index (χ3v) is 6.06. The molecule has 0 aliphatic carbocycles. The molecule has 8 N–H and O–H groups in total. The van der Waals surface area contributed by atoms with Gasteiger partial charge in [0.1, 0.15) is 0 Å². The van der Waals surface area contributed by atoms with Crippen molar-refractivity contribution in [3.8, 4) is 0 Å². The van der Waals surface area contributed by atoms with E-state index in [9.17, 15) is 9.59 Å². The summed E-state index contributed by atoms with van der Waals surface area (Å²) in [5, 5.41) is 71.3. The fourth-order valence-electron chi connectivity index (χ4n) is 2.86. The second-order valence-electron chi connectivity index (χ2n) is 9.26. The lowest BCUT2D eigenvalue weighted by Gasteiger charge is -2.31. The second-order valence-corrected chi connectivity index (χ2v) is 9.26. The normalized spacial score (nSPS) is 13.1. The van der Waals surface area contributed by atoms with E-state index in [0.717, 1.165) is 44.9 Å². The van der Waals surface area contributed by atoms with Gasteiger partial charge in [0.2, 0.25) is 0 Å². The van der Waals surface area contributed by atoms with Crippen LogP contribution in [0.25, 0.3) is 0 Å². The van der Waals surface area contributed by atoms with Crippen molar-refractivity contribution in [1.82, 2.24) is 0 Å². The Bertz CT molecular complexity index is 484. The van der Waals surface area contributed by atoms with E-state index in [2.05, 4.69) is 6.92 Å². The maximum Gasteiger partial charge on any atom is 0.306 e. The summed E-state index contributed by atoms with van der Waals surface area (Å²) in [6.45, 7) is 4.91. The topological polar surface area (TPSA) is 205 Å². The minimum atomic E-state index is -1.16. The first kappa shape index (κ1) is 39.2. The molecule has 0 amide bonds. The monoisotopic (exact) mass is 528 g/mol. The van der Waals surface area contributed by atoms with Crippen LogP contribution in [-0.4, -0.2) is 106 Å². The highest BCUT2D eigenvalue weighted by molar-refractivity contribution is 5.70. The molecule has 2 atom stereocenters. The third-order valence-electron chi connectivity index (χ3n) is 6.06. The Hall–Kier alpha value is -1.34. The smallest absolute Gasteiger partial charge is 0.306 e. The highest BCUT2D eigenvalue weighted by atomic mass is 16.5. The van der Waals surface area contributed by atoms with Crippen LogP contribution in [-0.2, 0) is 14.3 Å². The zero-order valence-electron chi connectivity index (χ0n) is 22.6. The number of ether oxygens (including phenoxy) is 1. The summed E-state index contributed by atoms with van der Waals surface area (Å²) in [5.74, 6) is -1.52. The minimum absolute atomic E-state index is 0.111. The van der Waals surface area contributed by atoms with Crippen LogP contribution < -0.4 is 0 Å². The fourth-order valence-corrected chi connectivity index (χ4v) is 2.86. The molecule has 36 heavy (non-hydrogen) atoms. The Morgan fingerprint density at radius 2 is 0.944 bits per heavy atom. The van der Waals surface area contributed by atoms with Crippen molar-refractivity contribution in [2.75, 3.05) is 52.9 Å². The van der Waals surface area contributed by atoms with Gasteiger partial charge in [-0.05, 0) is 25.7 Å². The van der Waals surface area contributed by atoms with Crippen LogP contribution in [0.15, 0.2) is 0 Å². The number of hydrogen-bond acceptors (Lipinski definition) is 9. The largest absolute Gasteiger partial charge is 0.481 e. The molecule has 0 bridgehead atoms. The molecule has 0 rings (SSSR count). The van der Waals surface area contributed by atoms with Gasteiger partial charge in [-0.15, -0.1) is 0 Å². The van der Waals surface area contributed by atoms with Gasteiger partial charge in [0.25, 0.3) is 0 Å². The van der Waals surface area contributed by atoms with Gasteiger partial charge < -0.3 is 45.6 Å². The molecular weight excluding hydrogens is 476 g/mol. The Morgan fingerprint density at radius 3 is 1.14 bits per heavy atom. The molecule has 0 radical (unpaired) electrons. The molecule has 11 heteroatoms. The molecule has 11 nitrogen and oxygen atoms in total. The first-order chi connectivity index (χ1) is 17.0. The standard InChI is InChI=1S/C10H22O7.C8H16O2.C7H14O2/c11-1-9(2-12,3-13)7-17-8-10(4-14,5-15)6-16;1-3-5-6-7(4-2)8(9)10;1-3-5-6(4-2)7(8)9/h11-16H,1-8H2;7H,3-6H2,1-2H3,(H,9,10);6H,3-5H2,1-2H3,(H,8,9). The van der Waals surface area contributed by atoms with Crippen molar-refractivity contribution in [2.45, 2.75) is 72.6 Å². The molecule has 0 aromatic carbocycles. The van der Waals surface area contributed by atoms with E-state index < -0.39 is 62.4 Å². The number of aliphatic hydroxyl groups excluding tert-OH is 6. The van der Waals surface area contributed by atoms with Crippen LogP contribution in [0, 0.1) is 22.7 Å². The number of aliphatic carboxylic acids is 2. The quantitative estimate of drug-likeness (QED) is 0.119. The number of rotatable bonds is 19. The maximum atomic E-state index is 10.4. The van der Waals surface area contributed by atoms with Gasteiger partial charge in [-0.3, -0.25) is 9.59 Å². The predicted octanol–water partition coefficient (Wildman–Crippen LogP) is 1.11. The van der Waals surface area contributed by atoms with Crippen molar-refractivity contribution < 1.29 is 55.2 Å². The zero-order chi connectivity index (χ0) is 28.6. The van der Waals surface area contributed by atoms with Gasteiger partial charge in [-0.25, -0.2) is 0 Å². The number of aliphatic hydroxyl groups is 6. The molecule has 0 heterocycles. The van der Waals surface area contributed by atoms with Crippen LogP contribution in [0.2, 0.25) is 0 Å². The zero-order valence-corrected chi connectivity index (χ0v) is 22.6. The summed E-state index contributed by atoms with van der Waals surface area (Å²) in [6, 6.07) is 0. The van der Waals surface area contributed by atoms with Gasteiger partial charge >= 0.3 is 11.9 Å². The molecule has 2 unspecified atom stereocenters. The Balaban J connectivity index is -0.000000490. The SMILES string of the molecule is CCCC(CC)C(=O)O.CCCCC(CC)C(=O)O.OCC(CO)(CO)COCC(CO)(CO)CO. The number of carbonyl (C=O) groups is 2. The van der Waals surface area contributed by atoms with Crippen molar-refractivity contribution in [2.24, 2.45) is 22.7 Å².